The van der Waals surface area contributed by atoms with Crippen LogP contribution in [0.25, 0.3) is 0 Å². The van der Waals surface area contributed by atoms with Gasteiger partial charge in [0.2, 0.25) is 0 Å². The Kier molecular flexibility index (Phi) is 6.73. The molecule has 0 aliphatic rings. The molecule has 1 atom stereocenters. The molecule has 0 saturated heterocycles. The third-order valence-corrected chi connectivity index (χ3v) is 2.79. The maximum absolute atomic E-state index is 11.8. The van der Waals surface area contributed by atoms with Crippen LogP contribution in [0.2, 0.25) is 0 Å². The van der Waals surface area contributed by atoms with Crippen molar-refractivity contribution in [2.24, 2.45) is 16.7 Å². The molecule has 0 spiro atoms. The van der Waals surface area contributed by atoms with E-state index in [0.717, 1.165) is 12.8 Å². The van der Waals surface area contributed by atoms with Crippen molar-refractivity contribution in [3.8, 4) is 0 Å². The fourth-order valence-corrected chi connectivity index (χ4v) is 2.90. The van der Waals surface area contributed by atoms with E-state index in [-0.39, 0.29) is 16.8 Å². The first kappa shape index (κ1) is 19.4. The van der Waals surface area contributed by atoms with Crippen molar-refractivity contribution in [1.29, 1.82) is 0 Å². The van der Waals surface area contributed by atoms with Gasteiger partial charge in [-0.3, -0.25) is 4.89 Å². The third kappa shape index (κ3) is 11.3. The lowest BCUT2D eigenvalue weighted by molar-refractivity contribution is -0.330. The summed E-state index contributed by atoms with van der Waals surface area (Å²) < 4.78 is 0. The Bertz CT molecular complexity index is 305. The molecule has 0 bridgehead atoms. The van der Waals surface area contributed by atoms with Crippen molar-refractivity contribution in [1.82, 2.24) is 0 Å². The normalized spacial score (nSPS) is 15.1. The summed E-state index contributed by atoms with van der Waals surface area (Å²) in [4.78, 5) is 22.2. The topological polar surface area (TPSA) is 35.5 Å². The summed E-state index contributed by atoms with van der Waals surface area (Å²) in [5.74, 6) is 0.0283. The Morgan fingerprint density at radius 1 is 0.950 bits per heavy atom. The van der Waals surface area contributed by atoms with Gasteiger partial charge in [-0.05, 0) is 43.4 Å². The molecule has 0 radical (unpaired) electrons. The van der Waals surface area contributed by atoms with Crippen LogP contribution in [0.1, 0.15) is 81.6 Å². The molecule has 20 heavy (non-hydrogen) atoms. The molecule has 1 unspecified atom stereocenters. The summed E-state index contributed by atoms with van der Waals surface area (Å²) in [7, 11) is 0. The molecular weight excluding hydrogens is 252 g/mol. The summed E-state index contributed by atoms with van der Waals surface area (Å²) in [6.45, 7) is 18.9. The predicted molar refractivity (Wildman–Crippen MR) is 83.2 cm³/mol. The second kappa shape index (κ2) is 6.93. The molecule has 0 heterocycles. The highest BCUT2D eigenvalue weighted by molar-refractivity contribution is 5.68. The average molecular weight is 286 g/mol. The molecule has 0 aliphatic heterocycles. The Balaban J connectivity index is 4.17. The van der Waals surface area contributed by atoms with E-state index < -0.39 is 5.60 Å². The Morgan fingerprint density at radius 3 is 1.85 bits per heavy atom. The fourth-order valence-electron chi connectivity index (χ4n) is 2.90. The van der Waals surface area contributed by atoms with Crippen molar-refractivity contribution in [2.75, 3.05) is 0 Å². The zero-order valence-electron chi connectivity index (χ0n) is 14.9. The van der Waals surface area contributed by atoms with E-state index in [1.807, 2.05) is 13.8 Å². The van der Waals surface area contributed by atoms with Gasteiger partial charge in [0.05, 0.1) is 6.42 Å². The van der Waals surface area contributed by atoms with Gasteiger partial charge in [-0.1, -0.05) is 48.5 Å². The van der Waals surface area contributed by atoms with E-state index in [4.69, 9.17) is 9.78 Å². The van der Waals surface area contributed by atoms with Gasteiger partial charge in [0, 0.05) is 0 Å². The summed E-state index contributed by atoms with van der Waals surface area (Å²) in [6, 6.07) is 0. The van der Waals surface area contributed by atoms with Crippen LogP contribution in [0, 0.1) is 16.7 Å². The Hall–Kier alpha value is -0.570. The first-order valence-electron chi connectivity index (χ1n) is 7.59. The molecule has 0 aliphatic carbocycles. The van der Waals surface area contributed by atoms with Crippen molar-refractivity contribution in [3.63, 3.8) is 0 Å². The van der Waals surface area contributed by atoms with Crippen LogP contribution >= 0.6 is 0 Å². The minimum Gasteiger partial charge on any atom is -0.298 e. The van der Waals surface area contributed by atoms with Crippen LogP contribution in [0.5, 0.6) is 0 Å². The zero-order chi connectivity index (χ0) is 16.2. The molecule has 0 fully saturated rings. The van der Waals surface area contributed by atoms with Crippen LogP contribution in [0.4, 0.5) is 0 Å². The van der Waals surface area contributed by atoms with Crippen molar-refractivity contribution in [3.05, 3.63) is 0 Å². The second-order valence-corrected chi connectivity index (χ2v) is 9.11. The summed E-state index contributed by atoms with van der Waals surface area (Å²) in [5, 5.41) is 0. The van der Waals surface area contributed by atoms with Gasteiger partial charge in [-0.15, -0.1) is 0 Å². The van der Waals surface area contributed by atoms with E-state index in [2.05, 4.69) is 48.5 Å². The van der Waals surface area contributed by atoms with Gasteiger partial charge in [0.1, 0.15) is 5.60 Å². The van der Waals surface area contributed by atoms with Gasteiger partial charge in [-0.2, -0.15) is 4.89 Å². The lowest BCUT2D eigenvalue weighted by Gasteiger charge is -2.30. The van der Waals surface area contributed by atoms with Crippen LogP contribution in [-0.4, -0.2) is 11.6 Å². The molecule has 0 saturated carbocycles. The van der Waals surface area contributed by atoms with Crippen molar-refractivity contribution < 1.29 is 14.6 Å². The molecule has 0 rings (SSSR count). The summed E-state index contributed by atoms with van der Waals surface area (Å²) in [6.07, 6.45) is 2.22. The van der Waals surface area contributed by atoms with E-state index >= 15 is 0 Å². The lowest BCUT2D eigenvalue weighted by Crippen LogP contribution is -2.31. The second-order valence-electron chi connectivity index (χ2n) is 9.11. The first-order valence-corrected chi connectivity index (χ1v) is 7.59. The standard InChI is InChI=1S/C17H34O3/c1-13(11-15(2,3)4)10-14(18)19-20-17(8,9)12-16(5,6)7/h13H,10-12H2,1-9H3. The van der Waals surface area contributed by atoms with E-state index in [1.54, 1.807) is 0 Å². The average Bonchev–Trinajstić information content (AvgIpc) is 2.07. The highest BCUT2D eigenvalue weighted by Crippen LogP contribution is 2.30. The Morgan fingerprint density at radius 2 is 1.45 bits per heavy atom. The van der Waals surface area contributed by atoms with Gasteiger partial charge in [-0.25, -0.2) is 4.79 Å². The number of rotatable bonds is 6. The van der Waals surface area contributed by atoms with Gasteiger partial charge in [0.15, 0.2) is 0 Å². The SMILES string of the molecule is CC(CC(=O)OOC(C)(C)CC(C)(C)C)CC(C)(C)C. The largest absolute Gasteiger partial charge is 0.342 e. The third-order valence-electron chi connectivity index (χ3n) is 2.79. The van der Waals surface area contributed by atoms with Gasteiger partial charge in [0.25, 0.3) is 0 Å². The molecule has 0 aromatic heterocycles. The van der Waals surface area contributed by atoms with Crippen LogP contribution < -0.4 is 0 Å². The van der Waals surface area contributed by atoms with Gasteiger partial charge < -0.3 is 0 Å². The fraction of sp³-hybridized carbons (Fsp3) is 0.941. The van der Waals surface area contributed by atoms with Crippen molar-refractivity contribution >= 4 is 5.97 Å². The molecule has 0 aromatic carbocycles. The van der Waals surface area contributed by atoms with E-state index in [1.165, 1.54) is 0 Å². The molecular formula is C17H34O3. The van der Waals surface area contributed by atoms with Gasteiger partial charge >= 0.3 is 5.97 Å². The monoisotopic (exact) mass is 286 g/mol. The molecule has 3 heteroatoms. The quantitative estimate of drug-likeness (QED) is 0.501. The molecule has 0 amide bonds. The zero-order valence-corrected chi connectivity index (χ0v) is 14.9. The smallest absolute Gasteiger partial charge is 0.298 e. The Labute approximate surface area is 125 Å². The minimum atomic E-state index is -0.457. The molecule has 3 nitrogen and oxygen atoms in total. The highest BCUT2D eigenvalue weighted by atomic mass is 17.2. The van der Waals surface area contributed by atoms with E-state index in [9.17, 15) is 4.79 Å². The molecule has 0 aromatic rings. The molecule has 120 valence electrons. The van der Waals surface area contributed by atoms with Crippen LogP contribution in [0.15, 0.2) is 0 Å². The molecule has 0 N–H and O–H groups in total. The summed E-state index contributed by atoms with van der Waals surface area (Å²) >= 11 is 0. The first-order chi connectivity index (χ1) is 8.70. The number of carbonyl (C=O) groups is 1. The van der Waals surface area contributed by atoms with Crippen molar-refractivity contribution in [2.45, 2.75) is 87.2 Å². The highest BCUT2D eigenvalue weighted by Gasteiger charge is 2.29. The number of hydrogen-bond donors (Lipinski definition) is 0. The van der Waals surface area contributed by atoms with Crippen LogP contribution in [0.3, 0.4) is 0 Å². The van der Waals surface area contributed by atoms with Crippen LogP contribution in [-0.2, 0) is 14.6 Å². The lowest BCUT2D eigenvalue weighted by atomic mass is 9.84. The minimum absolute atomic E-state index is 0.134. The number of hydrogen-bond acceptors (Lipinski definition) is 3. The number of carbonyl (C=O) groups excluding carboxylic acids is 1. The maximum atomic E-state index is 11.8. The maximum Gasteiger partial charge on any atom is 0.342 e. The van der Waals surface area contributed by atoms with E-state index in [0.29, 0.717) is 12.3 Å². The predicted octanol–water partition coefficient (Wildman–Crippen LogP) is 5.14. The summed E-state index contributed by atoms with van der Waals surface area (Å²) in [5.41, 5.74) is -0.0946.